The van der Waals surface area contributed by atoms with Gasteiger partial charge in [0.25, 0.3) is 0 Å². The third-order valence-corrected chi connectivity index (χ3v) is 4.17. The average molecular weight is 412 g/mol. The Kier molecular flexibility index (Phi) is 5.08. The number of benzene rings is 2. The number of halogens is 4. The van der Waals surface area contributed by atoms with Crippen LogP contribution in [0.25, 0.3) is 17.2 Å². The molecular weight excluding hydrogens is 399 g/mol. The summed E-state index contributed by atoms with van der Waals surface area (Å²) >= 11 is 6.09. The molecule has 2 aromatic carbocycles. The number of rotatable bonds is 3. The van der Waals surface area contributed by atoms with E-state index in [9.17, 15) is 22.8 Å². The van der Waals surface area contributed by atoms with E-state index in [1.54, 1.807) is 24.3 Å². The second-order valence-electron chi connectivity index (χ2n) is 6.08. The van der Waals surface area contributed by atoms with Gasteiger partial charge in [-0.15, -0.1) is 0 Å². The number of ether oxygens (including phenoxy) is 1. The first kappa shape index (κ1) is 19.8. The van der Waals surface area contributed by atoms with Gasteiger partial charge in [0.1, 0.15) is 5.75 Å². The molecule has 2 N–H and O–H groups in total. The Bertz CT molecular complexity index is 1000. The van der Waals surface area contributed by atoms with Crippen LogP contribution >= 0.6 is 11.6 Å². The lowest BCUT2D eigenvalue weighted by Gasteiger charge is -2.28. The highest BCUT2D eigenvalue weighted by atomic mass is 35.5. The third kappa shape index (κ3) is 3.96. The molecule has 1 amide bonds. The van der Waals surface area contributed by atoms with Gasteiger partial charge in [0.15, 0.2) is 0 Å². The SMILES string of the molecule is CC(=O)Nc1cccc(-c2cc(Cl)cc3c2OC(C(F)(F)F)C(C(=O)O)=C3)c1. The van der Waals surface area contributed by atoms with Crippen molar-refractivity contribution in [2.45, 2.75) is 19.2 Å². The molecular formula is C19H13ClF3NO4. The number of hydrogen-bond acceptors (Lipinski definition) is 3. The van der Waals surface area contributed by atoms with Crippen molar-refractivity contribution in [3.05, 3.63) is 52.6 Å². The molecule has 3 rings (SSSR count). The minimum atomic E-state index is -4.92. The normalized spacial score (nSPS) is 15.9. The van der Waals surface area contributed by atoms with Gasteiger partial charge >= 0.3 is 12.1 Å². The van der Waals surface area contributed by atoms with Gasteiger partial charge in [-0.2, -0.15) is 13.2 Å². The summed E-state index contributed by atoms with van der Waals surface area (Å²) in [5.74, 6) is -2.19. The predicted molar refractivity (Wildman–Crippen MR) is 97.3 cm³/mol. The zero-order valence-electron chi connectivity index (χ0n) is 14.3. The standard InChI is InChI=1S/C19H13ClF3NO4/c1-9(25)24-13-4-2-3-10(6-13)14-8-12(20)5-11-7-15(18(26)27)17(19(21,22)23)28-16(11)14/h2-8,17H,1H3,(H,24,25)(H,26,27). The number of amides is 1. The number of carbonyl (C=O) groups excluding carboxylic acids is 1. The number of anilines is 1. The lowest BCUT2D eigenvalue weighted by Crippen LogP contribution is -2.40. The van der Waals surface area contributed by atoms with Crippen molar-refractivity contribution in [3.63, 3.8) is 0 Å². The van der Waals surface area contributed by atoms with Crippen LogP contribution in [0.3, 0.4) is 0 Å². The van der Waals surface area contributed by atoms with Crippen LogP contribution in [0.1, 0.15) is 12.5 Å². The summed E-state index contributed by atoms with van der Waals surface area (Å²) in [6.07, 6.45) is -6.63. The first-order valence-electron chi connectivity index (χ1n) is 7.96. The molecule has 0 bridgehead atoms. The van der Waals surface area contributed by atoms with Gasteiger partial charge in [0.2, 0.25) is 12.0 Å². The fourth-order valence-corrected chi connectivity index (χ4v) is 3.10. The van der Waals surface area contributed by atoms with Gasteiger partial charge in [-0.1, -0.05) is 23.7 Å². The van der Waals surface area contributed by atoms with Crippen LogP contribution in [0, 0.1) is 0 Å². The maximum Gasteiger partial charge on any atom is 0.430 e. The van der Waals surface area contributed by atoms with E-state index in [0.717, 1.165) is 6.08 Å². The Morgan fingerprint density at radius 1 is 1.21 bits per heavy atom. The number of carboxylic acid groups (broad SMARTS) is 1. The highest BCUT2D eigenvalue weighted by Crippen LogP contribution is 2.44. The maximum atomic E-state index is 13.4. The molecule has 0 fully saturated rings. The summed E-state index contributed by atoms with van der Waals surface area (Å²) in [7, 11) is 0. The smallest absolute Gasteiger partial charge is 0.430 e. The summed E-state index contributed by atoms with van der Waals surface area (Å²) < 4.78 is 45.2. The largest absolute Gasteiger partial charge is 0.478 e. The number of carboxylic acids is 1. The van der Waals surface area contributed by atoms with E-state index in [0.29, 0.717) is 11.3 Å². The summed E-state index contributed by atoms with van der Waals surface area (Å²) in [6, 6.07) is 9.13. The Labute approximate surface area is 162 Å². The van der Waals surface area contributed by atoms with Crippen LogP contribution in [0.5, 0.6) is 5.75 Å². The predicted octanol–water partition coefficient (Wildman–Crippen LogP) is 4.76. The number of alkyl halides is 3. The molecule has 1 heterocycles. The summed E-state index contributed by atoms with van der Waals surface area (Å²) in [5, 5.41) is 11.9. The fourth-order valence-electron chi connectivity index (χ4n) is 2.88. The van der Waals surface area contributed by atoms with E-state index in [2.05, 4.69) is 5.32 Å². The Morgan fingerprint density at radius 2 is 1.93 bits per heavy atom. The Hall–Kier alpha value is -3.00. The quantitative estimate of drug-likeness (QED) is 0.763. The summed E-state index contributed by atoms with van der Waals surface area (Å²) in [5.41, 5.74) is 0.303. The zero-order chi connectivity index (χ0) is 20.6. The topological polar surface area (TPSA) is 75.6 Å². The van der Waals surface area contributed by atoms with Gasteiger partial charge in [-0.25, -0.2) is 4.79 Å². The Balaban J connectivity index is 2.18. The van der Waals surface area contributed by atoms with Crippen molar-refractivity contribution in [1.82, 2.24) is 0 Å². The second kappa shape index (κ2) is 7.20. The highest BCUT2D eigenvalue weighted by molar-refractivity contribution is 6.31. The molecule has 1 aliphatic heterocycles. The van der Waals surface area contributed by atoms with Gasteiger partial charge in [0.05, 0.1) is 5.57 Å². The highest BCUT2D eigenvalue weighted by Gasteiger charge is 2.48. The molecule has 146 valence electrons. The summed E-state index contributed by atoms with van der Waals surface area (Å²) in [4.78, 5) is 22.5. The first-order valence-corrected chi connectivity index (χ1v) is 8.34. The molecule has 0 aromatic heterocycles. The van der Waals surface area contributed by atoms with Crippen LogP contribution < -0.4 is 10.1 Å². The number of aliphatic carboxylic acids is 1. The lowest BCUT2D eigenvalue weighted by atomic mass is 9.95. The molecule has 0 aliphatic carbocycles. The van der Waals surface area contributed by atoms with E-state index in [-0.39, 0.29) is 27.8 Å². The monoisotopic (exact) mass is 411 g/mol. The van der Waals surface area contributed by atoms with Crippen LogP contribution in [0.15, 0.2) is 42.0 Å². The fraction of sp³-hybridized carbons (Fsp3) is 0.158. The number of hydrogen-bond donors (Lipinski definition) is 2. The van der Waals surface area contributed by atoms with Crippen molar-refractivity contribution < 1.29 is 32.6 Å². The molecule has 0 saturated carbocycles. The molecule has 1 atom stereocenters. The van der Waals surface area contributed by atoms with Crippen LogP contribution in [-0.2, 0) is 9.59 Å². The van der Waals surface area contributed by atoms with Crippen LogP contribution in [-0.4, -0.2) is 29.3 Å². The summed E-state index contributed by atoms with van der Waals surface area (Å²) in [6.45, 7) is 1.32. The van der Waals surface area contributed by atoms with E-state index in [4.69, 9.17) is 21.4 Å². The van der Waals surface area contributed by atoms with Crippen molar-refractivity contribution >= 4 is 35.2 Å². The van der Waals surface area contributed by atoms with Crippen molar-refractivity contribution in [1.29, 1.82) is 0 Å². The first-order chi connectivity index (χ1) is 13.1. The molecule has 0 radical (unpaired) electrons. The van der Waals surface area contributed by atoms with Crippen molar-refractivity contribution in [2.75, 3.05) is 5.32 Å². The Morgan fingerprint density at radius 3 is 2.54 bits per heavy atom. The maximum absolute atomic E-state index is 13.4. The number of carbonyl (C=O) groups is 2. The molecule has 28 heavy (non-hydrogen) atoms. The minimum Gasteiger partial charge on any atom is -0.478 e. The van der Waals surface area contributed by atoms with Gasteiger partial charge in [-0.3, -0.25) is 4.79 Å². The lowest BCUT2D eigenvalue weighted by molar-refractivity contribution is -0.187. The molecule has 9 heteroatoms. The number of fused-ring (bicyclic) bond motifs is 1. The molecule has 5 nitrogen and oxygen atoms in total. The van der Waals surface area contributed by atoms with E-state index >= 15 is 0 Å². The zero-order valence-corrected chi connectivity index (χ0v) is 15.1. The molecule has 0 spiro atoms. The van der Waals surface area contributed by atoms with Crippen LogP contribution in [0.4, 0.5) is 18.9 Å². The van der Waals surface area contributed by atoms with E-state index in [1.165, 1.54) is 19.1 Å². The van der Waals surface area contributed by atoms with Crippen molar-refractivity contribution in [3.8, 4) is 16.9 Å². The van der Waals surface area contributed by atoms with Crippen LogP contribution in [0.2, 0.25) is 5.02 Å². The third-order valence-electron chi connectivity index (χ3n) is 3.95. The molecule has 1 unspecified atom stereocenters. The minimum absolute atomic E-state index is 0.116. The van der Waals surface area contributed by atoms with E-state index < -0.39 is 23.8 Å². The van der Waals surface area contributed by atoms with Gasteiger partial charge in [0, 0.05) is 28.8 Å². The molecule has 0 saturated heterocycles. The van der Waals surface area contributed by atoms with Gasteiger partial charge in [-0.05, 0) is 35.9 Å². The molecule has 2 aromatic rings. The van der Waals surface area contributed by atoms with E-state index in [1.807, 2.05) is 0 Å². The van der Waals surface area contributed by atoms with Crippen molar-refractivity contribution in [2.24, 2.45) is 0 Å². The second-order valence-corrected chi connectivity index (χ2v) is 6.51. The average Bonchev–Trinajstić information content (AvgIpc) is 2.58. The molecule has 1 aliphatic rings. The number of nitrogens with one attached hydrogen (secondary N) is 1. The van der Waals surface area contributed by atoms with Gasteiger partial charge < -0.3 is 15.2 Å².